The molecule has 4 rings (SSSR count). The van der Waals surface area contributed by atoms with E-state index in [1.165, 1.54) is 4.68 Å². The molecule has 0 bridgehead atoms. The van der Waals surface area contributed by atoms with Gasteiger partial charge in [-0.3, -0.25) is 24.4 Å². The maximum Gasteiger partial charge on any atom is 0.433 e. The van der Waals surface area contributed by atoms with Gasteiger partial charge >= 0.3 is 11.9 Å². The number of hydrogen-bond acceptors (Lipinski definition) is 7. The number of carbonyl (C=O) groups is 2. The summed E-state index contributed by atoms with van der Waals surface area (Å²) in [6.07, 6.45) is -3.72. The molecule has 0 aliphatic rings. The fourth-order valence-electron chi connectivity index (χ4n) is 3.54. The van der Waals surface area contributed by atoms with Crippen LogP contribution in [0.5, 0.6) is 0 Å². The van der Waals surface area contributed by atoms with Crippen LogP contribution in [0.25, 0.3) is 21.3 Å². The Labute approximate surface area is 204 Å². The van der Waals surface area contributed by atoms with Gasteiger partial charge in [-0.05, 0) is 31.0 Å². The SMILES string of the molecule is CCn1cc([N+](=O)[O-])c(C(=O)Nc2c(C(N)=O)sc3nc(C(F)(F)F)cc(-c4ccc(C)cc4)c23)n1. The predicted molar refractivity (Wildman–Crippen MR) is 126 cm³/mol. The molecule has 3 aromatic heterocycles. The zero-order valence-electron chi connectivity index (χ0n) is 18.7. The van der Waals surface area contributed by atoms with E-state index in [9.17, 15) is 32.9 Å². The van der Waals surface area contributed by atoms with Crippen LogP contribution in [0.15, 0.2) is 36.5 Å². The normalized spacial score (nSPS) is 11.6. The molecule has 0 aliphatic carbocycles. The minimum atomic E-state index is -4.79. The number of pyridine rings is 1. The number of alkyl halides is 3. The largest absolute Gasteiger partial charge is 0.433 e. The Hall–Kier alpha value is -4.33. The van der Waals surface area contributed by atoms with Crippen molar-refractivity contribution in [1.29, 1.82) is 0 Å². The zero-order chi connectivity index (χ0) is 26.4. The molecule has 1 aromatic carbocycles. The number of carbonyl (C=O) groups excluding carboxylic acids is 2. The summed E-state index contributed by atoms with van der Waals surface area (Å²) in [5.74, 6) is -2.06. The average Bonchev–Trinajstić information content (AvgIpc) is 3.41. The lowest BCUT2D eigenvalue weighted by Gasteiger charge is -2.12. The van der Waals surface area contributed by atoms with Crippen molar-refractivity contribution in [1.82, 2.24) is 14.8 Å². The van der Waals surface area contributed by atoms with E-state index in [4.69, 9.17) is 5.73 Å². The van der Waals surface area contributed by atoms with Crippen molar-refractivity contribution >= 4 is 44.7 Å². The Morgan fingerprint density at radius 3 is 2.47 bits per heavy atom. The number of benzene rings is 1. The Morgan fingerprint density at radius 1 is 1.25 bits per heavy atom. The summed E-state index contributed by atoms with van der Waals surface area (Å²) < 4.78 is 42.1. The fraction of sp³-hybridized carbons (Fsp3) is 0.182. The van der Waals surface area contributed by atoms with E-state index in [0.29, 0.717) is 16.9 Å². The molecule has 3 heterocycles. The van der Waals surface area contributed by atoms with Gasteiger partial charge in [0.25, 0.3) is 11.8 Å². The second-order valence-electron chi connectivity index (χ2n) is 7.70. The lowest BCUT2D eigenvalue weighted by Crippen LogP contribution is -2.18. The summed E-state index contributed by atoms with van der Waals surface area (Å²) in [5, 5.41) is 17.8. The van der Waals surface area contributed by atoms with Crippen LogP contribution in [0, 0.1) is 17.0 Å². The molecular formula is C22H17F3N6O4S. The van der Waals surface area contributed by atoms with Crippen LogP contribution in [0.3, 0.4) is 0 Å². The van der Waals surface area contributed by atoms with Crippen LogP contribution in [0.1, 0.15) is 38.3 Å². The minimum Gasteiger partial charge on any atom is -0.365 e. The minimum absolute atomic E-state index is 0.0385. The first kappa shape index (κ1) is 24.8. The van der Waals surface area contributed by atoms with E-state index in [1.807, 2.05) is 0 Å². The van der Waals surface area contributed by atoms with Gasteiger partial charge in [-0.25, -0.2) is 4.98 Å². The Kier molecular flexibility index (Phi) is 6.22. The third kappa shape index (κ3) is 4.49. The maximum atomic E-state index is 13.6. The van der Waals surface area contributed by atoms with Crippen molar-refractivity contribution in [2.24, 2.45) is 5.73 Å². The van der Waals surface area contributed by atoms with Crippen LogP contribution >= 0.6 is 11.3 Å². The summed E-state index contributed by atoms with van der Waals surface area (Å²) in [7, 11) is 0. The molecular weight excluding hydrogens is 501 g/mol. The van der Waals surface area contributed by atoms with Crippen LogP contribution in [0.2, 0.25) is 0 Å². The number of aryl methyl sites for hydroxylation is 2. The van der Waals surface area contributed by atoms with E-state index in [-0.39, 0.29) is 32.9 Å². The molecule has 0 spiro atoms. The van der Waals surface area contributed by atoms with Gasteiger partial charge in [-0.15, -0.1) is 11.3 Å². The van der Waals surface area contributed by atoms with Gasteiger partial charge in [0.05, 0.1) is 10.6 Å². The molecule has 0 saturated heterocycles. The molecule has 0 radical (unpaired) electrons. The van der Waals surface area contributed by atoms with Gasteiger partial charge in [0.1, 0.15) is 21.6 Å². The molecule has 0 aliphatic heterocycles. The summed E-state index contributed by atoms with van der Waals surface area (Å²) in [6, 6.07) is 7.37. The molecule has 3 N–H and O–H groups in total. The Bertz CT molecular complexity index is 1530. The number of anilines is 1. The number of thiophene rings is 1. The molecule has 4 aromatic rings. The van der Waals surface area contributed by atoms with Gasteiger partial charge in [0, 0.05) is 11.9 Å². The molecule has 0 unspecified atom stereocenters. The summed E-state index contributed by atoms with van der Waals surface area (Å²) >= 11 is 0.572. The average molecular weight is 518 g/mol. The lowest BCUT2D eigenvalue weighted by atomic mass is 10.00. The molecule has 14 heteroatoms. The third-order valence-electron chi connectivity index (χ3n) is 5.26. The Balaban J connectivity index is 1.97. The highest BCUT2D eigenvalue weighted by atomic mass is 32.1. The standard InChI is InChI=1S/C22H17F3N6O4S/c1-3-30-9-13(31(34)35)16(29-30)20(33)28-17-15-12(11-6-4-10(2)5-7-11)8-14(22(23,24)25)27-21(15)36-18(17)19(26)32/h4-9H,3H2,1-2H3,(H2,26,32)(H,28,33). The Morgan fingerprint density at radius 2 is 1.92 bits per heavy atom. The van der Waals surface area contributed by atoms with Crippen molar-refractivity contribution in [3.05, 3.63) is 68.5 Å². The summed E-state index contributed by atoms with van der Waals surface area (Å²) in [6.45, 7) is 3.70. The molecule has 0 atom stereocenters. The van der Waals surface area contributed by atoms with E-state index < -0.39 is 40.0 Å². The first-order chi connectivity index (χ1) is 16.9. The van der Waals surface area contributed by atoms with Crippen molar-refractivity contribution in [3.63, 3.8) is 0 Å². The number of amides is 2. The maximum absolute atomic E-state index is 13.6. The first-order valence-corrected chi connectivity index (χ1v) is 11.2. The van der Waals surface area contributed by atoms with E-state index in [0.717, 1.165) is 17.8 Å². The van der Waals surface area contributed by atoms with Crippen LogP contribution in [0.4, 0.5) is 24.5 Å². The molecule has 0 saturated carbocycles. The molecule has 2 amide bonds. The number of primary amides is 1. The number of nitrogens with two attached hydrogens (primary N) is 1. The second-order valence-corrected chi connectivity index (χ2v) is 8.70. The molecule has 186 valence electrons. The number of halogens is 3. The topological polar surface area (TPSA) is 146 Å². The number of nitro groups is 1. The number of aromatic nitrogens is 3. The lowest BCUT2D eigenvalue weighted by molar-refractivity contribution is -0.385. The summed E-state index contributed by atoms with van der Waals surface area (Å²) in [4.78, 5) is 39.1. The number of nitrogens with one attached hydrogen (secondary N) is 1. The van der Waals surface area contributed by atoms with Gasteiger partial charge in [-0.2, -0.15) is 18.3 Å². The highest BCUT2D eigenvalue weighted by molar-refractivity contribution is 7.21. The van der Waals surface area contributed by atoms with Gasteiger partial charge < -0.3 is 11.1 Å². The van der Waals surface area contributed by atoms with Crippen molar-refractivity contribution in [2.45, 2.75) is 26.6 Å². The van der Waals surface area contributed by atoms with Crippen molar-refractivity contribution in [3.8, 4) is 11.1 Å². The molecule has 10 nitrogen and oxygen atoms in total. The van der Waals surface area contributed by atoms with Crippen LogP contribution < -0.4 is 11.1 Å². The van der Waals surface area contributed by atoms with E-state index in [2.05, 4.69) is 15.4 Å². The number of fused-ring (bicyclic) bond motifs is 1. The number of rotatable bonds is 6. The number of hydrogen-bond donors (Lipinski definition) is 2. The van der Waals surface area contributed by atoms with Crippen molar-refractivity contribution < 1.29 is 27.7 Å². The smallest absolute Gasteiger partial charge is 0.365 e. The monoisotopic (exact) mass is 518 g/mol. The second kappa shape index (κ2) is 9.03. The van der Waals surface area contributed by atoms with Gasteiger partial charge in [-0.1, -0.05) is 29.8 Å². The van der Waals surface area contributed by atoms with Gasteiger partial charge in [0.15, 0.2) is 0 Å². The van der Waals surface area contributed by atoms with Crippen LogP contribution in [-0.4, -0.2) is 31.5 Å². The van der Waals surface area contributed by atoms with E-state index >= 15 is 0 Å². The fourth-order valence-corrected chi connectivity index (χ4v) is 4.55. The first-order valence-electron chi connectivity index (χ1n) is 10.4. The zero-order valence-corrected chi connectivity index (χ0v) is 19.5. The summed E-state index contributed by atoms with van der Waals surface area (Å²) in [5.41, 5.74) is 4.22. The van der Waals surface area contributed by atoms with E-state index in [1.54, 1.807) is 38.1 Å². The van der Waals surface area contributed by atoms with Crippen molar-refractivity contribution in [2.75, 3.05) is 5.32 Å². The quantitative estimate of drug-likeness (QED) is 0.278. The third-order valence-corrected chi connectivity index (χ3v) is 6.35. The predicted octanol–water partition coefficient (Wildman–Crippen LogP) is 4.77. The van der Waals surface area contributed by atoms with Gasteiger partial charge in [0.2, 0.25) is 5.69 Å². The highest BCUT2D eigenvalue weighted by Gasteiger charge is 2.35. The van der Waals surface area contributed by atoms with Crippen LogP contribution in [-0.2, 0) is 12.7 Å². The highest BCUT2D eigenvalue weighted by Crippen LogP contribution is 2.44. The number of nitrogens with zero attached hydrogens (tertiary/aromatic N) is 4. The molecule has 36 heavy (non-hydrogen) atoms. The molecule has 0 fully saturated rings.